The first kappa shape index (κ1) is 18.6. The molecule has 1 aliphatic heterocycles. The molecule has 7 nitrogen and oxygen atoms in total. The molecule has 1 saturated carbocycles. The van der Waals surface area contributed by atoms with Gasteiger partial charge in [0, 0.05) is 17.5 Å². The highest BCUT2D eigenvalue weighted by atomic mass is 32.1. The van der Waals surface area contributed by atoms with E-state index < -0.39 is 17.5 Å². The van der Waals surface area contributed by atoms with Crippen LogP contribution in [0.1, 0.15) is 42.5 Å². The molecule has 1 saturated heterocycles. The summed E-state index contributed by atoms with van der Waals surface area (Å²) in [6, 6.07) is 9.53. The van der Waals surface area contributed by atoms with Crippen molar-refractivity contribution in [2.75, 3.05) is 11.9 Å². The van der Waals surface area contributed by atoms with Crippen molar-refractivity contribution in [1.82, 2.24) is 15.2 Å². The van der Waals surface area contributed by atoms with E-state index in [1.807, 2.05) is 30.3 Å². The zero-order valence-corrected chi connectivity index (χ0v) is 16.3. The lowest BCUT2D eigenvalue weighted by molar-refractivity contribution is -0.134. The van der Waals surface area contributed by atoms with E-state index >= 15 is 0 Å². The number of urea groups is 1. The number of nitrogens with one attached hydrogen (secondary N) is 2. The Hall–Kier alpha value is -2.74. The zero-order chi connectivity index (χ0) is 19.6. The number of benzene rings is 1. The standard InChI is InChI=1S/C20H22N4O3S/c25-16(13-24-17(26)20(23-19(24)27)9-5-2-6-10-20)22-18-21-12-15(28-18)11-14-7-3-1-4-8-14/h1,3-4,7-8,12H,2,5-6,9-11,13H2,(H,23,27)(H,21,22,25). The Morgan fingerprint density at radius 2 is 1.93 bits per heavy atom. The van der Waals surface area contributed by atoms with Crippen LogP contribution in [0.3, 0.4) is 0 Å². The van der Waals surface area contributed by atoms with E-state index in [2.05, 4.69) is 15.6 Å². The Labute approximate surface area is 167 Å². The number of anilines is 1. The second-order valence-corrected chi connectivity index (χ2v) is 8.42. The molecule has 1 aromatic carbocycles. The first-order valence-corrected chi connectivity index (χ1v) is 10.3. The summed E-state index contributed by atoms with van der Waals surface area (Å²) in [5.74, 6) is -0.701. The minimum absolute atomic E-state index is 0.281. The van der Waals surface area contributed by atoms with Crippen LogP contribution in [0.2, 0.25) is 0 Å². The molecule has 0 unspecified atom stereocenters. The molecule has 1 aromatic heterocycles. The number of rotatable bonds is 5. The Morgan fingerprint density at radius 1 is 1.18 bits per heavy atom. The second-order valence-electron chi connectivity index (χ2n) is 7.31. The van der Waals surface area contributed by atoms with Crippen LogP contribution in [0.25, 0.3) is 0 Å². The van der Waals surface area contributed by atoms with E-state index in [1.54, 1.807) is 6.20 Å². The number of aromatic nitrogens is 1. The van der Waals surface area contributed by atoms with Gasteiger partial charge >= 0.3 is 6.03 Å². The van der Waals surface area contributed by atoms with Crippen LogP contribution in [-0.4, -0.2) is 39.8 Å². The lowest BCUT2D eigenvalue weighted by Gasteiger charge is -2.30. The first-order chi connectivity index (χ1) is 13.6. The van der Waals surface area contributed by atoms with Crippen LogP contribution in [0.15, 0.2) is 36.5 Å². The van der Waals surface area contributed by atoms with Gasteiger partial charge in [0.1, 0.15) is 12.1 Å². The van der Waals surface area contributed by atoms with Gasteiger partial charge in [-0.25, -0.2) is 9.78 Å². The highest BCUT2D eigenvalue weighted by Crippen LogP contribution is 2.33. The smallest absolute Gasteiger partial charge is 0.323 e. The molecule has 2 heterocycles. The van der Waals surface area contributed by atoms with Crippen LogP contribution in [0.4, 0.5) is 9.93 Å². The van der Waals surface area contributed by atoms with Gasteiger partial charge in [-0.3, -0.25) is 14.5 Å². The molecule has 2 fully saturated rings. The second kappa shape index (κ2) is 7.71. The largest absolute Gasteiger partial charge is 0.325 e. The lowest BCUT2D eigenvalue weighted by Crippen LogP contribution is -2.48. The summed E-state index contributed by atoms with van der Waals surface area (Å²) in [7, 11) is 0. The lowest BCUT2D eigenvalue weighted by atomic mass is 9.82. The van der Waals surface area contributed by atoms with Crippen LogP contribution < -0.4 is 10.6 Å². The third-order valence-corrected chi connectivity index (χ3v) is 6.19. The molecule has 2 aliphatic rings. The molecule has 146 valence electrons. The minimum Gasteiger partial charge on any atom is -0.323 e. The number of hydrogen-bond donors (Lipinski definition) is 2. The number of thiazole rings is 1. The van der Waals surface area contributed by atoms with Crippen molar-refractivity contribution < 1.29 is 14.4 Å². The molecule has 0 bridgehead atoms. The van der Waals surface area contributed by atoms with Gasteiger partial charge in [0.2, 0.25) is 5.91 Å². The molecule has 8 heteroatoms. The summed E-state index contributed by atoms with van der Waals surface area (Å²) in [6.45, 7) is -0.292. The fourth-order valence-corrected chi connectivity index (χ4v) is 4.72. The molecule has 1 aliphatic carbocycles. The summed E-state index contributed by atoms with van der Waals surface area (Å²) in [5.41, 5.74) is 0.362. The summed E-state index contributed by atoms with van der Waals surface area (Å²) in [4.78, 5) is 43.7. The number of amides is 4. The van der Waals surface area contributed by atoms with Crippen molar-refractivity contribution in [3.63, 3.8) is 0 Å². The maximum atomic E-state index is 12.7. The van der Waals surface area contributed by atoms with Crippen molar-refractivity contribution in [2.24, 2.45) is 0 Å². The summed E-state index contributed by atoms with van der Waals surface area (Å²) in [5, 5.41) is 5.98. The zero-order valence-electron chi connectivity index (χ0n) is 15.4. The number of carbonyl (C=O) groups is 3. The van der Waals surface area contributed by atoms with E-state index in [-0.39, 0.29) is 12.5 Å². The van der Waals surface area contributed by atoms with Gasteiger partial charge < -0.3 is 10.6 Å². The molecule has 0 radical (unpaired) electrons. The van der Waals surface area contributed by atoms with Crippen molar-refractivity contribution in [1.29, 1.82) is 0 Å². The predicted molar refractivity (Wildman–Crippen MR) is 106 cm³/mol. The van der Waals surface area contributed by atoms with Gasteiger partial charge in [-0.15, -0.1) is 11.3 Å². The minimum atomic E-state index is -0.806. The van der Waals surface area contributed by atoms with Crippen molar-refractivity contribution in [2.45, 2.75) is 44.1 Å². The molecule has 1 spiro atoms. The monoisotopic (exact) mass is 398 g/mol. The van der Waals surface area contributed by atoms with Gasteiger partial charge in [0.15, 0.2) is 5.13 Å². The van der Waals surface area contributed by atoms with Gasteiger partial charge in [-0.05, 0) is 18.4 Å². The highest BCUT2D eigenvalue weighted by molar-refractivity contribution is 7.15. The van der Waals surface area contributed by atoms with Crippen molar-refractivity contribution in [3.05, 3.63) is 47.0 Å². The molecule has 2 aromatic rings. The van der Waals surface area contributed by atoms with E-state index in [0.29, 0.717) is 18.0 Å². The van der Waals surface area contributed by atoms with Crippen LogP contribution >= 0.6 is 11.3 Å². The fraction of sp³-hybridized carbons (Fsp3) is 0.400. The van der Waals surface area contributed by atoms with E-state index in [0.717, 1.165) is 35.5 Å². The van der Waals surface area contributed by atoms with Gasteiger partial charge in [0.25, 0.3) is 5.91 Å². The maximum absolute atomic E-state index is 12.7. The van der Waals surface area contributed by atoms with E-state index in [4.69, 9.17) is 0 Å². The SMILES string of the molecule is O=C(CN1C(=O)NC2(CCCCC2)C1=O)Nc1ncc(Cc2ccccc2)s1. The normalized spacial score (nSPS) is 18.4. The number of hydrogen-bond acceptors (Lipinski definition) is 5. The molecule has 4 amide bonds. The number of nitrogens with zero attached hydrogens (tertiary/aromatic N) is 2. The van der Waals surface area contributed by atoms with Gasteiger partial charge in [-0.1, -0.05) is 49.6 Å². The number of carbonyl (C=O) groups excluding carboxylic acids is 3. The topological polar surface area (TPSA) is 91.4 Å². The molecule has 2 N–H and O–H groups in total. The van der Waals surface area contributed by atoms with E-state index in [1.165, 1.54) is 16.9 Å². The van der Waals surface area contributed by atoms with Crippen LogP contribution in [0, 0.1) is 0 Å². The highest BCUT2D eigenvalue weighted by Gasteiger charge is 2.51. The van der Waals surface area contributed by atoms with E-state index in [9.17, 15) is 14.4 Å². The third-order valence-electron chi connectivity index (χ3n) is 5.28. The quantitative estimate of drug-likeness (QED) is 0.758. The predicted octanol–water partition coefficient (Wildman–Crippen LogP) is 2.93. The maximum Gasteiger partial charge on any atom is 0.325 e. The number of imide groups is 1. The first-order valence-electron chi connectivity index (χ1n) is 9.48. The Bertz CT molecular complexity index is 890. The molecular formula is C20H22N4O3S. The average Bonchev–Trinajstić information content (AvgIpc) is 3.21. The summed E-state index contributed by atoms with van der Waals surface area (Å²) in [6.07, 6.45) is 6.66. The molecule has 0 atom stereocenters. The van der Waals surface area contributed by atoms with Crippen LogP contribution in [-0.2, 0) is 16.0 Å². The Morgan fingerprint density at radius 3 is 2.68 bits per heavy atom. The van der Waals surface area contributed by atoms with Crippen molar-refractivity contribution in [3.8, 4) is 0 Å². The summed E-state index contributed by atoms with van der Waals surface area (Å²) < 4.78 is 0. The third kappa shape index (κ3) is 3.77. The summed E-state index contributed by atoms with van der Waals surface area (Å²) >= 11 is 1.39. The molecule has 28 heavy (non-hydrogen) atoms. The van der Waals surface area contributed by atoms with Gasteiger partial charge in [-0.2, -0.15) is 0 Å². The fourth-order valence-electron chi connectivity index (χ4n) is 3.86. The Kier molecular flexibility index (Phi) is 5.13. The molecular weight excluding hydrogens is 376 g/mol. The molecule has 4 rings (SSSR count). The Balaban J connectivity index is 1.36. The van der Waals surface area contributed by atoms with Crippen molar-refractivity contribution >= 4 is 34.3 Å². The van der Waals surface area contributed by atoms with Crippen LogP contribution in [0.5, 0.6) is 0 Å². The average molecular weight is 398 g/mol. The van der Waals surface area contributed by atoms with Gasteiger partial charge in [0.05, 0.1) is 0 Å².